The van der Waals surface area contributed by atoms with Crippen LogP contribution < -0.4 is 10.6 Å². The molecule has 0 unspecified atom stereocenters. The molecule has 2 amide bonds. The molecule has 4 aromatic rings. The van der Waals surface area contributed by atoms with Crippen molar-refractivity contribution in [3.63, 3.8) is 0 Å². The predicted octanol–water partition coefficient (Wildman–Crippen LogP) is 3.88. The number of carbonyl (C=O) groups is 3. The van der Waals surface area contributed by atoms with Crippen molar-refractivity contribution in [2.24, 2.45) is 0 Å². The molecule has 0 saturated heterocycles. The molecule has 1 aromatic heterocycles. The summed E-state index contributed by atoms with van der Waals surface area (Å²) in [6.45, 7) is 0.0394. The van der Waals surface area contributed by atoms with E-state index < -0.39 is 30.1 Å². The Hall–Kier alpha value is -4.72. The van der Waals surface area contributed by atoms with Crippen molar-refractivity contribution < 1.29 is 24.2 Å². The molecule has 3 aromatic carbocycles. The van der Waals surface area contributed by atoms with Crippen molar-refractivity contribution >= 4 is 28.9 Å². The van der Waals surface area contributed by atoms with Gasteiger partial charge in [0.25, 0.3) is 0 Å². The summed E-state index contributed by atoms with van der Waals surface area (Å²) in [4.78, 5) is 42.3. The summed E-state index contributed by atoms with van der Waals surface area (Å²) in [5.41, 5.74) is 2.87. The van der Waals surface area contributed by atoms with Gasteiger partial charge in [0.1, 0.15) is 18.7 Å². The van der Waals surface area contributed by atoms with E-state index >= 15 is 0 Å². The molecular weight excluding hydrogens is 470 g/mol. The standard InChI is InChI=1S/C29H27N3O5/c33-27(31-26(28(34)35)18-23-16-15-22-13-7-8-14-24(22)30-23)25(17-20-9-3-1-4-10-20)32-29(36)37-19-21-11-5-2-6-12-21/h1-16,25-26H,17-19H2,(H,31,33)(H,32,36)(H,34,35)/t25-,26+/m1/s1. The van der Waals surface area contributed by atoms with Gasteiger partial charge >= 0.3 is 12.1 Å². The Morgan fingerprint density at radius 2 is 1.38 bits per heavy atom. The van der Waals surface area contributed by atoms with Gasteiger partial charge in [0.15, 0.2) is 0 Å². The molecule has 37 heavy (non-hydrogen) atoms. The molecule has 188 valence electrons. The van der Waals surface area contributed by atoms with Gasteiger partial charge in [0.05, 0.1) is 5.52 Å². The van der Waals surface area contributed by atoms with Gasteiger partial charge in [-0.05, 0) is 23.3 Å². The molecule has 2 atom stereocenters. The number of aromatic nitrogens is 1. The van der Waals surface area contributed by atoms with Crippen LogP contribution in [-0.4, -0.2) is 40.1 Å². The van der Waals surface area contributed by atoms with Crippen molar-refractivity contribution in [2.75, 3.05) is 0 Å². The zero-order valence-electron chi connectivity index (χ0n) is 20.0. The van der Waals surface area contributed by atoms with Gasteiger partial charge in [-0.25, -0.2) is 9.59 Å². The number of nitrogens with one attached hydrogen (secondary N) is 2. The molecule has 3 N–H and O–H groups in total. The maximum atomic E-state index is 13.2. The Labute approximate surface area is 214 Å². The maximum absolute atomic E-state index is 13.2. The van der Waals surface area contributed by atoms with Gasteiger partial charge in [-0.15, -0.1) is 0 Å². The maximum Gasteiger partial charge on any atom is 0.408 e. The van der Waals surface area contributed by atoms with Crippen molar-refractivity contribution in [3.05, 3.63) is 114 Å². The largest absolute Gasteiger partial charge is 0.480 e. The van der Waals surface area contributed by atoms with Crippen LogP contribution in [0.5, 0.6) is 0 Å². The molecule has 4 rings (SSSR count). The topological polar surface area (TPSA) is 118 Å². The van der Waals surface area contributed by atoms with Gasteiger partial charge < -0.3 is 20.5 Å². The van der Waals surface area contributed by atoms with Crippen LogP contribution in [-0.2, 0) is 33.8 Å². The number of alkyl carbamates (subject to hydrolysis) is 1. The summed E-state index contributed by atoms with van der Waals surface area (Å²) in [5.74, 6) is -1.83. The molecule has 8 nitrogen and oxygen atoms in total. The second-order valence-corrected chi connectivity index (χ2v) is 8.55. The van der Waals surface area contributed by atoms with Crippen LogP contribution in [0.4, 0.5) is 4.79 Å². The second-order valence-electron chi connectivity index (χ2n) is 8.55. The summed E-state index contributed by atoms with van der Waals surface area (Å²) in [7, 11) is 0. The van der Waals surface area contributed by atoms with Crippen LogP contribution >= 0.6 is 0 Å². The van der Waals surface area contributed by atoms with Crippen LogP contribution in [0.3, 0.4) is 0 Å². The highest BCUT2D eigenvalue weighted by atomic mass is 16.5. The normalized spacial score (nSPS) is 12.3. The molecular formula is C29H27N3O5. The first-order valence-electron chi connectivity index (χ1n) is 11.9. The van der Waals surface area contributed by atoms with Crippen LogP contribution in [0.1, 0.15) is 16.8 Å². The summed E-state index contributed by atoms with van der Waals surface area (Å²) in [6.07, 6.45) is -0.626. The van der Waals surface area contributed by atoms with Crippen molar-refractivity contribution in [1.29, 1.82) is 0 Å². The minimum absolute atomic E-state index is 0.0115. The Balaban J connectivity index is 1.45. The monoisotopic (exact) mass is 497 g/mol. The van der Waals surface area contributed by atoms with Crippen LogP contribution in [0.15, 0.2) is 97.1 Å². The first-order chi connectivity index (χ1) is 18.0. The van der Waals surface area contributed by atoms with Crippen molar-refractivity contribution in [3.8, 4) is 0 Å². The Morgan fingerprint density at radius 3 is 2.08 bits per heavy atom. The number of rotatable bonds is 10. The van der Waals surface area contributed by atoms with E-state index in [1.54, 1.807) is 6.07 Å². The number of ether oxygens (including phenoxy) is 1. The molecule has 0 saturated carbocycles. The number of carboxylic acids is 1. The first kappa shape index (κ1) is 25.4. The van der Waals surface area contributed by atoms with E-state index in [2.05, 4.69) is 15.6 Å². The fourth-order valence-electron chi connectivity index (χ4n) is 3.87. The molecule has 0 aliphatic rings. The van der Waals surface area contributed by atoms with Crippen LogP contribution in [0.25, 0.3) is 10.9 Å². The molecule has 0 radical (unpaired) electrons. The van der Waals surface area contributed by atoms with Crippen LogP contribution in [0, 0.1) is 0 Å². The molecule has 1 heterocycles. The van der Waals surface area contributed by atoms with Gasteiger partial charge in [-0.3, -0.25) is 9.78 Å². The molecule has 0 aliphatic carbocycles. The number of amides is 2. The Morgan fingerprint density at radius 1 is 0.730 bits per heavy atom. The number of nitrogens with zero attached hydrogens (tertiary/aromatic N) is 1. The molecule has 0 aliphatic heterocycles. The van der Waals surface area contributed by atoms with E-state index in [9.17, 15) is 19.5 Å². The number of aliphatic carboxylic acids is 1. The highest BCUT2D eigenvalue weighted by molar-refractivity contribution is 5.89. The minimum Gasteiger partial charge on any atom is -0.480 e. The van der Waals surface area contributed by atoms with Crippen molar-refractivity contribution in [1.82, 2.24) is 15.6 Å². The third-order valence-corrected chi connectivity index (χ3v) is 5.79. The summed E-state index contributed by atoms with van der Waals surface area (Å²) < 4.78 is 5.28. The molecule has 0 bridgehead atoms. The van der Waals surface area contributed by atoms with E-state index in [-0.39, 0.29) is 19.4 Å². The zero-order valence-corrected chi connectivity index (χ0v) is 20.0. The number of carboxylic acid groups (broad SMARTS) is 1. The summed E-state index contributed by atoms with van der Waals surface area (Å²) >= 11 is 0. The lowest BCUT2D eigenvalue weighted by Crippen LogP contribution is -2.53. The van der Waals surface area contributed by atoms with Gasteiger partial charge in [0.2, 0.25) is 5.91 Å². The highest BCUT2D eigenvalue weighted by Crippen LogP contribution is 2.13. The van der Waals surface area contributed by atoms with E-state index in [0.717, 1.165) is 22.0 Å². The second kappa shape index (κ2) is 12.3. The minimum atomic E-state index is -1.23. The summed E-state index contributed by atoms with van der Waals surface area (Å²) in [5, 5.41) is 15.9. The molecule has 0 fully saturated rings. The van der Waals surface area contributed by atoms with Gasteiger partial charge in [-0.1, -0.05) is 84.9 Å². The SMILES string of the molecule is O=C(N[C@H](Cc1ccccc1)C(=O)N[C@@H](Cc1ccc2ccccc2n1)C(=O)O)OCc1ccccc1. The lowest BCUT2D eigenvalue weighted by molar-refractivity contribution is -0.142. The fourth-order valence-corrected chi connectivity index (χ4v) is 3.87. The van der Waals surface area contributed by atoms with E-state index in [1.165, 1.54) is 0 Å². The molecule has 0 spiro atoms. The Kier molecular flexibility index (Phi) is 8.44. The smallest absolute Gasteiger partial charge is 0.408 e. The quantitative estimate of drug-likeness (QED) is 0.306. The predicted molar refractivity (Wildman–Crippen MR) is 139 cm³/mol. The Bertz CT molecular complexity index is 1360. The number of pyridine rings is 1. The number of para-hydroxylation sites is 1. The number of fused-ring (bicyclic) bond motifs is 1. The molecule has 8 heteroatoms. The average molecular weight is 498 g/mol. The fraction of sp³-hybridized carbons (Fsp3) is 0.172. The van der Waals surface area contributed by atoms with Crippen molar-refractivity contribution in [2.45, 2.75) is 31.5 Å². The van der Waals surface area contributed by atoms with Crippen LogP contribution in [0.2, 0.25) is 0 Å². The van der Waals surface area contributed by atoms with Gasteiger partial charge in [-0.2, -0.15) is 0 Å². The highest BCUT2D eigenvalue weighted by Gasteiger charge is 2.28. The number of hydrogen-bond donors (Lipinski definition) is 3. The third kappa shape index (κ3) is 7.38. The number of benzene rings is 3. The first-order valence-corrected chi connectivity index (χ1v) is 11.9. The zero-order chi connectivity index (χ0) is 26.0. The number of hydrogen-bond acceptors (Lipinski definition) is 5. The van der Waals surface area contributed by atoms with E-state index in [0.29, 0.717) is 5.69 Å². The summed E-state index contributed by atoms with van der Waals surface area (Å²) in [6, 6.07) is 27.1. The van der Waals surface area contributed by atoms with E-state index in [4.69, 9.17) is 4.74 Å². The van der Waals surface area contributed by atoms with E-state index in [1.807, 2.05) is 91.0 Å². The number of carbonyl (C=O) groups excluding carboxylic acids is 2. The third-order valence-electron chi connectivity index (χ3n) is 5.79. The lowest BCUT2D eigenvalue weighted by atomic mass is 10.0. The lowest BCUT2D eigenvalue weighted by Gasteiger charge is -2.21. The average Bonchev–Trinajstić information content (AvgIpc) is 2.92. The van der Waals surface area contributed by atoms with Gasteiger partial charge in [0, 0.05) is 23.9 Å².